The zero-order valence-corrected chi connectivity index (χ0v) is 19.6. The number of aromatic nitrogens is 2. The Morgan fingerprint density at radius 2 is 1.69 bits per heavy atom. The maximum absolute atomic E-state index is 13.1. The van der Waals surface area contributed by atoms with E-state index in [1.807, 2.05) is 39.8 Å². The maximum atomic E-state index is 13.1. The Balaban J connectivity index is 1.81. The summed E-state index contributed by atoms with van der Waals surface area (Å²) < 4.78 is 39.9. The molecule has 1 N–H and O–H groups in total. The molecule has 0 aliphatic carbocycles. The predicted molar refractivity (Wildman–Crippen MR) is 126 cm³/mol. The number of hydrogen-bond donors (Lipinski definition) is 1. The van der Waals surface area contributed by atoms with Crippen molar-refractivity contribution in [2.45, 2.75) is 44.9 Å². The van der Waals surface area contributed by atoms with Crippen molar-refractivity contribution in [3.8, 4) is 22.9 Å². The number of nitrogens with one attached hydrogen (secondary N) is 1. The molecule has 0 atom stereocenters. The minimum absolute atomic E-state index is 0.128. The van der Waals surface area contributed by atoms with Crippen LogP contribution < -0.4 is 14.2 Å². The Kier molecular flexibility index (Phi) is 7.69. The largest absolute Gasteiger partial charge is 0.492 e. The van der Waals surface area contributed by atoms with E-state index in [1.54, 1.807) is 42.5 Å². The van der Waals surface area contributed by atoms with Gasteiger partial charge in [-0.2, -0.15) is 0 Å². The van der Waals surface area contributed by atoms with Gasteiger partial charge in [0.2, 0.25) is 5.88 Å². The van der Waals surface area contributed by atoms with E-state index in [0.717, 1.165) is 17.5 Å². The molecule has 3 rings (SSSR count). The maximum Gasteiger partial charge on any atom is 0.265 e. The van der Waals surface area contributed by atoms with E-state index in [4.69, 9.17) is 9.47 Å². The van der Waals surface area contributed by atoms with Crippen molar-refractivity contribution < 1.29 is 17.9 Å². The molecular weight excluding hydrogens is 426 g/mol. The van der Waals surface area contributed by atoms with E-state index in [0.29, 0.717) is 36.2 Å². The van der Waals surface area contributed by atoms with Crippen LogP contribution in [0.15, 0.2) is 59.5 Å². The first-order chi connectivity index (χ1) is 15.3. The number of ether oxygens (including phenoxy) is 2. The first kappa shape index (κ1) is 23.5. The minimum atomic E-state index is -3.83. The van der Waals surface area contributed by atoms with Gasteiger partial charge in [0.05, 0.1) is 18.9 Å². The van der Waals surface area contributed by atoms with Gasteiger partial charge in [0.15, 0.2) is 0 Å². The van der Waals surface area contributed by atoms with Gasteiger partial charge in [0, 0.05) is 17.3 Å². The molecule has 0 saturated heterocycles. The molecule has 0 unspecified atom stereocenters. The Morgan fingerprint density at radius 3 is 2.28 bits per heavy atom. The van der Waals surface area contributed by atoms with E-state index in [1.165, 1.54) is 0 Å². The smallest absolute Gasteiger partial charge is 0.265 e. The molecule has 0 aliphatic rings. The average molecular weight is 456 g/mol. The quantitative estimate of drug-likeness (QED) is 0.449. The van der Waals surface area contributed by atoms with Crippen LogP contribution in [-0.4, -0.2) is 31.8 Å². The van der Waals surface area contributed by atoms with Crippen LogP contribution in [0.4, 0.5) is 5.69 Å². The lowest BCUT2D eigenvalue weighted by Crippen LogP contribution is -2.15. The first-order valence-corrected chi connectivity index (χ1v) is 12.2. The standard InChI is InChI=1S/C24H29N3O4S/c1-5-15-31-24-14-12-21(25-26-24)18-7-10-20(11-8-18)27-32(28,29)23-16-19(17(3)4)9-13-22(23)30-6-2/h7-14,16-17,27H,5-6,15H2,1-4H3. The second kappa shape index (κ2) is 10.5. The van der Waals surface area contributed by atoms with Gasteiger partial charge in [-0.25, -0.2) is 8.42 Å². The van der Waals surface area contributed by atoms with Gasteiger partial charge >= 0.3 is 0 Å². The molecule has 7 nitrogen and oxygen atoms in total. The number of sulfonamides is 1. The van der Waals surface area contributed by atoms with Crippen LogP contribution in [0.1, 0.15) is 45.6 Å². The SMILES string of the molecule is CCCOc1ccc(-c2ccc(NS(=O)(=O)c3cc(C(C)C)ccc3OCC)cc2)nn1. The summed E-state index contributed by atoms with van der Waals surface area (Å²) >= 11 is 0. The van der Waals surface area contributed by atoms with Gasteiger partial charge in [-0.05, 0) is 55.2 Å². The monoisotopic (exact) mass is 455 g/mol. The number of nitrogens with zero attached hydrogens (tertiary/aromatic N) is 2. The summed E-state index contributed by atoms with van der Waals surface area (Å²) in [7, 11) is -3.83. The van der Waals surface area contributed by atoms with Gasteiger partial charge in [-0.3, -0.25) is 4.72 Å². The summed E-state index contributed by atoms with van der Waals surface area (Å²) in [5.41, 5.74) is 2.86. The summed E-state index contributed by atoms with van der Waals surface area (Å²) in [6, 6.07) is 15.8. The number of anilines is 1. The second-order valence-electron chi connectivity index (χ2n) is 7.58. The fourth-order valence-electron chi connectivity index (χ4n) is 3.05. The van der Waals surface area contributed by atoms with E-state index < -0.39 is 10.0 Å². The molecule has 0 bridgehead atoms. The average Bonchev–Trinajstić information content (AvgIpc) is 2.78. The van der Waals surface area contributed by atoms with E-state index >= 15 is 0 Å². The van der Waals surface area contributed by atoms with Crippen LogP contribution in [0.3, 0.4) is 0 Å². The topological polar surface area (TPSA) is 90.4 Å². The fourth-order valence-corrected chi connectivity index (χ4v) is 4.28. The third-order valence-corrected chi connectivity index (χ3v) is 6.15. The highest BCUT2D eigenvalue weighted by Gasteiger charge is 2.21. The van der Waals surface area contributed by atoms with Crippen molar-refractivity contribution in [2.75, 3.05) is 17.9 Å². The van der Waals surface area contributed by atoms with Gasteiger partial charge in [-0.15, -0.1) is 10.2 Å². The highest BCUT2D eigenvalue weighted by molar-refractivity contribution is 7.92. The predicted octanol–water partition coefficient (Wildman–Crippen LogP) is 5.26. The van der Waals surface area contributed by atoms with Crippen molar-refractivity contribution in [2.24, 2.45) is 0 Å². The molecule has 0 fully saturated rings. The van der Waals surface area contributed by atoms with Crippen LogP contribution in [0.5, 0.6) is 11.6 Å². The lowest BCUT2D eigenvalue weighted by atomic mass is 10.0. The zero-order chi connectivity index (χ0) is 23.1. The molecule has 0 saturated carbocycles. The molecule has 170 valence electrons. The Labute approximate surface area is 189 Å². The van der Waals surface area contributed by atoms with Crippen LogP contribution in [0.25, 0.3) is 11.3 Å². The van der Waals surface area contributed by atoms with Crippen molar-refractivity contribution in [1.29, 1.82) is 0 Å². The number of rotatable bonds is 10. The van der Waals surface area contributed by atoms with Gasteiger partial charge in [0.1, 0.15) is 10.6 Å². The summed E-state index contributed by atoms with van der Waals surface area (Å²) in [5, 5.41) is 8.25. The second-order valence-corrected chi connectivity index (χ2v) is 9.23. The lowest BCUT2D eigenvalue weighted by Gasteiger charge is -2.15. The molecule has 1 aromatic heterocycles. The van der Waals surface area contributed by atoms with Crippen LogP contribution in [0.2, 0.25) is 0 Å². The lowest BCUT2D eigenvalue weighted by molar-refractivity contribution is 0.302. The van der Waals surface area contributed by atoms with Crippen molar-refractivity contribution in [3.05, 3.63) is 60.2 Å². The van der Waals surface area contributed by atoms with E-state index in [2.05, 4.69) is 14.9 Å². The minimum Gasteiger partial charge on any atom is -0.492 e. The summed E-state index contributed by atoms with van der Waals surface area (Å²) in [5.74, 6) is 1.01. The molecular formula is C24H29N3O4S. The van der Waals surface area contributed by atoms with E-state index in [9.17, 15) is 8.42 Å². The number of benzene rings is 2. The molecule has 3 aromatic rings. The molecule has 32 heavy (non-hydrogen) atoms. The molecule has 0 amide bonds. The summed E-state index contributed by atoms with van der Waals surface area (Å²) in [6.07, 6.45) is 0.897. The summed E-state index contributed by atoms with van der Waals surface area (Å²) in [4.78, 5) is 0.128. The van der Waals surface area contributed by atoms with Gasteiger partial charge < -0.3 is 9.47 Å². The Bertz CT molecular complexity index is 1130. The normalized spacial score (nSPS) is 11.4. The molecule has 8 heteroatoms. The molecule has 0 radical (unpaired) electrons. The highest BCUT2D eigenvalue weighted by Crippen LogP contribution is 2.30. The van der Waals surface area contributed by atoms with Crippen molar-refractivity contribution in [1.82, 2.24) is 10.2 Å². The highest BCUT2D eigenvalue weighted by atomic mass is 32.2. The van der Waals surface area contributed by atoms with Crippen LogP contribution >= 0.6 is 0 Å². The number of hydrogen-bond acceptors (Lipinski definition) is 6. The van der Waals surface area contributed by atoms with Gasteiger partial charge in [-0.1, -0.05) is 39.0 Å². The third kappa shape index (κ3) is 5.76. The van der Waals surface area contributed by atoms with Crippen LogP contribution in [0, 0.1) is 0 Å². The van der Waals surface area contributed by atoms with E-state index in [-0.39, 0.29) is 10.8 Å². The van der Waals surface area contributed by atoms with Crippen molar-refractivity contribution >= 4 is 15.7 Å². The Hall–Kier alpha value is -3.13. The molecule has 0 aliphatic heterocycles. The Morgan fingerprint density at radius 1 is 0.938 bits per heavy atom. The fraction of sp³-hybridized carbons (Fsp3) is 0.333. The first-order valence-electron chi connectivity index (χ1n) is 10.7. The summed E-state index contributed by atoms with van der Waals surface area (Å²) in [6.45, 7) is 8.85. The zero-order valence-electron chi connectivity index (χ0n) is 18.8. The van der Waals surface area contributed by atoms with Crippen molar-refractivity contribution in [3.63, 3.8) is 0 Å². The third-order valence-electron chi connectivity index (χ3n) is 4.75. The van der Waals surface area contributed by atoms with Gasteiger partial charge in [0.25, 0.3) is 10.0 Å². The molecule has 0 spiro atoms. The molecule has 1 heterocycles. The van der Waals surface area contributed by atoms with Crippen LogP contribution in [-0.2, 0) is 10.0 Å². The molecule has 2 aromatic carbocycles.